The lowest BCUT2D eigenvalue weighted by Crippen LogP contribution is -2.03. The molecule has 0 saturated heterocycles. The van der Waals surface area contributed by atoms with Gasteiger partial charge in [0.2, 0.25) is 0 Å². The minimum absolute atomic E-state index is 0.568. The quantitative estimate of drug-likeness (QED) is 0.924. The van der Waals surface area contributed by atoms with E-state index in [9.17, 15) is 0 Å². The molecule has 0 aliphatic rings. The maximum Gasteiger partial charge on any atom is 0.122 e. The van der Waals surface area contributed by atoms with Crippen LogP contribution in [0.4, 0.5) is 5.82 Å². The molecule has 1 aromatic heterocycles. The normalized spacial score (nSPS) is 10.6. The summed E-state index contributed by atoms with van der Waals surface area (Å²) < 4.78 is 7.35. The monoisotopic (exact) mass is 265 g/mol. The van der Waals surface area contributed by atoms with Crippen LogP contribution in [0.3, 0.4) is 0 Å². The first-order valence-electron chi connectivity index (χ1n) is 5.73. The van der Waals surface area contributed by atoms with Gasteiger partial charge in [0, 0.05) is 24.6 Å². The summed E-state index contributed by atoms with van der Waals surface area (Å²) in [6.07, 6.45) is 0.729. The molecule has 18 heavy (non-hydrogen) atoms. The van der Waals surface area contributed by atoms with Gasteiger partial charge in [-0.15, -0.1) is 0 Å². The van der Waals surface area contributed by atoms with Crippen LogP contribution >= 0.6 is 11.6 Å². The zero-order chi connectivity index (χ0) is 13.1. The molecule has 0 aliphatic heterocycles. The Kier molecular flexibility index (Phi) is 3.77. The first-order chi connectivity index (χ1) is 8.56. The number of hydrogen-bond donors (Lipinski definition) is 1. The molecule has 5 heteroatoms. The number of nitrogens with two attached hydrogens (primary N) is 1. The molecule has 2 rings (SSSR count). The number of nitrogen functional groups attached to an aromatic ring is 1. The fraction of sp³-hybridized carbons (Fsp3) is 0.308. The minimum atomic E-state index is 0.568. The lowest BCUT2D eigenvalue weighted by Gasteiger charge is -2.08. The summed E-state index contributed by atoms with van der Waals surface area (Å²) in [6, 6.07) is 7.45. The van der Waals surface area contributed by atoms with Gasteiger partial charge in [-0.3, -0.25) is 4.68 Å². The predicted molar refractivity (Wildman–Crippen MR) is 73.0 cm³/mol. The Morgan fingerprint density at radius 2 is 2.17 bits per heavy atom. The average Bonchev–Trinajstić information content (AvgIpc) is 2.61. The Morgan fingerprint density at radius 1 is 1.39 bits per heavy atom. The molecule has 0 radical (unpaired) electrons. The summed E-state index contributed by atoms with van der Waals surface area (Å²) in [5.74, 6) is 1.51. The van der Waals surface area contributed by atoms with Gasteiger partial charge in [0.1, 0.15) is 11.6 Å². The van der Waals surface area contributed by atoms with Crippen molar-refractivity contribution in [1.29, 1.82) is 0 Å². The molecule has 0 amide bonds. The second kappa shape index (κ2) is 5.31. The van der Waals surface area contributed by atoms with Crippen molar-refractivity contribution in [2.45, 2.75) is 13.3 Å². The number of halogens is 1. The largest absolute Gasteiger partial charge is 0.493 e. The fourth-order valence-electron chi connectivity index (χ4n) is 1.71. The maximum atomic E-state index is 5.88. The highest BCUT2D eigenvalue weighted by Gasteiger charge is 2.04. The molecule has 1 heterocycles. The van der Waals surface area contributed by atoms with Crippen molar-refractivity contribution < 1.29 is 4.74 Å². The Labute approximate surface area is 111 Å². The van der Waals surface area contributed by atoms with Gasteiger partial charge in [-0.1, -0.05) is 11.6 Å². The lowest BCUT2D eigenvalue weighted by atomic mass is 10.2. The van der Waals surface area contributed by atoms with Gasteiger partial charge in [0.25, 0.3) is 0 Å². The molecule has 0 saturated carbocycles. The highest BCUT2D eigenvalue weighted by molar-refractivity contribution is 6.30. The van der Waals surface area contributed by atoms with Crippen LogP contribution in [0.5, 0.6) is 5.75 Å². The van der Waals surface area contributed by atoms with Crippen LogP contribution in [0.1, 0.15) is 11.3 Å². The van der Waals surface area contributed by atoms with Crippen LogP contribution in [-0.4, -0.2) is 16.4 Å². The van der Waals surface area contributed by atoms with E-state index < -0.39 is 0 Å². The molecule has 0 unspecified atom stereocenters. The van der Waals surface area contributed by atoms with E-state index in [1.807, 2.05) is 38.2 Å². The number of anilines is 1. The van der Waals surface area contributed by atoms with Gasteiger partial charge >= 0.3 is 0 Å². The van der Waals surface area contributed by atoms with Crippen molar-refractivity contribution in [2.24, 2.45) is 7.05 Å². The van der Waals surface area contributed by atoms with Gasteiger partial charge in [-0.05, 0) is 30.7 Å². The van der Waals surface area contributed by atoms with Crippen LogP contribution in [0, 0.1) is 6.92 Å². The summed E-state index contributed by atoms with van der Waals surface area (Å²) >= 11 is 5.88. The Morgan fingerprint density at radius 3 is 2.78 bits per heavy atom. The molecule has 0 spiro atoms. The molecule has 0 aliphatic carbocycles. The van der Waals surface area contributed by atoms with Gasteiger partial charge < -0.3 is 10.5 Å². The van der Waals surface area contributed by atoms with E-state index in [1.54, 1.807) is 4.68 Å². The summed E-state index contributed by atoms with van der Waals surface area (Å²) in [5, 5.41) is 4.99. The third-order valence-electron chi connectivity index (χ3n) is 2.72. The highest BCUT2D eigenvalue weighted by Crippen LogP contribution is 2.21. The number of aromatic nitrogens is 2. The number of benzene rings is 1. The molecular weight excluding hydrogens is 250 g/mol. The van der Waals surface area contributed by atoms with E-state index >= 15 is 0 Å². The van der Waals surface area contributed by atoms with Crippen LogP contribution in [0.15, 0.2) is 24.3 Å². The molecule has 96 valence electrons. The third-order valence-corrected chi connectivity index (χ3v) is 2.95. The van der Waals surface area contributed by atoms with E-state index in [0.29, 0.717) is 12.4 Å². The number of ether oxygens (including phenoxy) is 1. The van der Waals surface area contributed by atoms with Crippen molar-refractivity contribution in [3.05, 3.63) is 40.5 Å². The Balaban J connectivity index is 1.92. The Hall–Kier alpha value is -1.68. The standard InChI is InChI=1S/C13H16ClN3O/c1-9-7-10(14)3-4-12(9)18-6-5-11-8-13(15)17(2)16-11/h3-4,7-8H,5-6,15H2,1-2H3. The zero-order valence-corrected chi connectivity index (χ0v) is 11.2. The topological polar surface area (TPSA) is 53.1 Å². The molecule has 2 aromatic rings. The lowest BCUT2D eigenvalue weighted by molar-refractivity contribution is 0.318. The summed E-state index contributed by atoms with van der Waals surface area (Å²) in [5.41, 5.74) is 7.67. The first kappa shape index (κ1) is 12.8. The van der Waals surface area contributed by atoms with E-state index in [1.165, 1.54) is 0 Å². The number of aryl methyl sites for hydroxylation is 2. The zero-order valence-electron chi connectivity index (χ0n) is 10.5. The molecular formula is C13H16ClN3O. The summed E-state index contributed by atoms with van der Waals surface area (Å²) in [6.45, 7) is 2.54. The third kappa shape index (κ3) is 2.96. The number of hydrogen-bond acceptors (Lipinski definition) is 3. The fourth-order valence-corrected chi connectivity index (χ4v) is 1.93. The van der Waals surface area contributed by atoms with E-state index in [4.69, 9.17) is 22.1 Å². The second-order valence-electron chi connectivity index (χ2n) is 4.19. The molecule has 0 bridgehead atoms. The van der Waals surface area contributed by atoms with Gasteiger partial charge in [-0.25, -0.2) is 0 Å². The van der Waals surface area contributed by atoms with Gasteiger partial charge in [-0.2, -0.15) is 5.10 Å². The highest BCUT2D eigenvalue weighted by atomic mass is 35.5. The van der Waals surface area contributed by atoms with Crippen LogP contribution in [0.25, 0.3) is 0 Å². The summed E-state index contributed by atoms with van der Waals surface area (Å²) in [7, 11) is 1.82. The molecule has 0 atom stereocenters. The first-order valence-corrected chi connectivity index (χ1v) is 6.11. The SMILES string of the molecule is Cc1cc(Cl)ccc1OCCc1cc(N)n(C)n1. The van der Waals surface area contributed by atoms with Crippen LogP contribution < -0.4 is 10.5 Å². The number of nitrogens with zero attached hydrogens (tertiary/aromatic N) is 2. The van der Waals surface area contributed by atoms with E-state index in [2.05, 4.69) is 5.10 Å². The summed E-state index contributed by atoms with van der Waals surface area (Å²) in [4.78, 5) is 0. The van der Waals surface area contributed by atoms with Crippen molar-refractivity contribution in [2.75, 3.05) is 12.3 Å². The van der Waals surface area contributed by atoms with Crippen molar-refractivity contribution in [3.63, 3.8) is 0 Å². The second-order valence-corrected chi connectivity index (χ2v) is 4.63. The van der Waals surface area contributed by atoms with Crippen molar-refractivity contribution in [3.8, 4) is 5.75 Å². The van der Waals surface area contributed by atoms with E-state index in [0.717, 1.165) is 28.5 Å². The molecule has 1 aromatic carbocycles. The predicted octanol–water partition coefficient (Wildman–Crippen LogP) is 2.59. The maximum absolute atomic E-state index is 5.88. The van der Waals surface area contributed by atoms with E-state index in [-0.39, 0.29) is 0 Å². The molecule has 2 N–H and O–H groups in total. The van der Waals surface area contributed by atoms with Crippen molar-refractivity contribution in [1.82, 2.24) is 9.78 Å². The number of rotatable bonds is 4. The Bertz CT molecular complexity index is 532. The van der Waals surface area contributed by atoms with Crippen molar-refractivity contribution >= 4 is 17.4 Å². The average molecular weight is 266 g/mol. The smallest absolute Gasteiger partial charge is 0.122 e. The molecule has 4 nitrogen and oxygen atoms in total. The molecule has 0 fully saturated rings. The van der Waals surface area contributed by atoms with Crippen LogP contribution in [0.2, 0.25) is 5.02 Å². The minimum Gasteiger partial charge on any atom is -0.493 e. The van der Waals surface area contributed by atoms with Crippen LogP contribution in [-0.2, 0) is 13.5 Å². The van der Waals surface area contributed by atoms with Gasteiger partial charge in [0.05, 0.1) is 12.3 Å². The van der Waals surface area contributed by atoms with Gasteiger partial charge in [0.15, 0.2) is 0 Å².